The van der Waals surface area contributed by atoms with E-state index in [-0.39, 0.29) is 5.91 Å². The smallest absolute Gasteiger partial charge is 0.337 e. The van der Waals surface area contributed by atoms with Crippen LogP contribution in [0, 0.1) is 0 Å². The normalized spacial score (nSPS) is 17.4. The third kappa shape index (κ3) is 2.28. The molecule has 0 saturated carbocycles. The molecule has 96 valence electrons. The number of anilines is 1. The van der Waals surface area contributed by atoms with Gasteiger partial charge in [-0.15, -0.1) is 0 Å². The Morgan fingerprint density at radius 2 is 2.33 bits per heavy atom. The highest BCUT2D eigenvalue weighted by Gasteiger charge is 2.27. The molecular weight excluding hydrogens is 236 g/mol. The second kappa shape index (κ2) is 5.05. The third-order valence-electron chi connectivity index (χ3n) is 2.65. The van der Waals surface area contributed by atoms with E-state index >= 15 is 0 Å². The maximum Gasteiger partial charge on any atom is 0.337 e. The molecule has 1 unspecified atom stereocenters. The van der Waals surface area contributed by atoms with Crippen LogP contribution in [0.3, 0.4) is 0 Å². The first-order valence-corrected chi connectivity index (χ1v) is 5.55. The molecule has 1 amide bonds. The molecule has 0 spiro atoms. The summed E-state index contributed by atoms with van der Waals surface area (Å²) in [5, 5.41) is 2.69. The number of hydrogen-bond acceptors (Lipinski definition) is 5. The largest absolute Gasteiger partial charge is 0.478 e. The summed E-state index contributed by atoms with van der Waals surface area (Å²) < 4.78 is 10.1. The number of fused-ring (bicyclic) bond motifs is 1. The zero-order valence-corrected chi connectivity index (χ0v) is 9.93. The van der Waals surface area contributed by atoms with Gasteiger partial charge in [0.05, 0.1) is 18.4 Å². The number of amides is 1. The van der Waals surface area contributed by atoms with Gasteiger partial charge in [0, 0.05) is 6.42 Å². The number of carbonyl (C=O) groups is 2. The van der Waals surface area contributed by atoms with Gasteiger partial charge < -0.3 is 20.5 Å². The Balaban J connectivity index is 2.26. The molecule has 0 radical (unpaired) electrons. The fourth-order valence-electron chi connectivity index (χ4n) is 1.74. The van der Waals surface area contributed by atoms with Crippen LogP contribution in [-0.4, -0.2) is 31.6 Å². The number of ether oxygens (including phenoxy) is 2. The molecule has 2 rings (SSSR count). The minimum absolute atomic E-state index is 0.255. The molecule has 1 aromatic rings. The summed E-state index contributed by atoms with van der Waals surface area (Å²) in [6, 6.07) is 4.74. The first kappa shape index (κ1) is 12.4. The second-order valence-electron chi connectivity index (χ2n) is 3.88. The van der Waals surface area contributed by atoms with Crippen LogP contribution in [0.4, 0.5) is 5.69 Å². The number of carbonyl (C=O) groups excluding carboxylic acids is 2. The Bertz CT molecular complexity index is 487. The van der Waals surface area contributed by atoms with Crippen molar-refractivity contribution in [3.05, 3.63) is 23.8 Å². The average Bonchev–Trinajstić information content (AvgIpc) is 2.38. The van der Waals surface area contributed by atoms with Crippen LogP contribution in [0.1, 0.15) is 16.8 Å². The molecule has 1 aliphatic heterocycles. The number of rotatable bonds is 3. The molecule has 6 nitrogen and oxygen atoms in total. The van der Waals surface area contributed by atoms with Crippen molar-refractivity contribution in [2.24, 2.45) is 5.73 Å². The predicted molar refractivity (Wildman–Crippen MR) is 64.5 cm³/mol. The number of nitrogens with one attached hydrogen (secondary N) is 1. The Kier molecular flexibility index (Phi) is 3.47. The lowest BCUT2D eigenvalue weighted by Crippen LogP contribution is -2.38. The number of benzene rings is 1. The Hall–Kier alpha value is -2.08. The molecule has 0 saturated heterocycles. The topological polar surface area (TPSA) is 90.7 Å². The second-order valence-corrected chi connectivity index (χ2v) is 3.88. The Morgan fingerprint density at radius 3 is 3.00 bits per heavy atom. The highest BCUT2D eigenvalue weighted by atomic mass is 16.5. The quantitative estimate of drug-likeness (QED) is 0.763. The van der Waals surface area contributed by atoms with E-state index in [1.165, 1.54) is 13.2 Å². The van der Waals surface area contributed by atoms with E-state index in [0.29, 0.717) is 30.0 Å². The molecule has 0 aromatic heterocycles. The highest BCUT2D eigenvalue weighted by Crippen LogP contribution is 2.31. The fourth-order valence-corrected chi connectivity index (χ4v) is 1.74. The van der Waals surface area contributed by atoms with Crippen LogP contribution in [0.25, 0.3) is 0 Å². The van der Waals surface area contributed by atoms with E-state index in [2.05, 4.69) is 10.1 Å². The summed E-state index contributed by atoms with van der Waals surface area (Å²) in [4.78, 5) is 23.0. The van der Waals surface area contributed by atoms with E-state index in [0.717, 1.165) is 0 Å². The van der Waals surface area contributed by atoms with Crippen LogP contribution in [-0.2, 0) is 9.53 Å². The Morgan fingerprint density at radius 1 is 1.56 bits per heavy atom. The molecule has 1 atom stereocenters. The van der Waals surface area contributed by atoms with E-state index < -0.39 is 12.1 Å². The number of nitrogens with two attached hydrogens (primary N) is 1. The van der Waals surface area contributed by atoms with E-state index in [9.17, 15) is 9.59 Å². The maximum absolute atomic E-state index is 11.7. The van der Waals surface area contributed by atoms with Crippen molar-refractivity contribution in [2.45, 2.75) is 12.5 Å². The molecule has 1 heterocycles. The lowest BCUT2D eigenvalue weighted by atomic mass is 10.1. The van der Waals surface area contributed by atoms with Gasteiger partial charge >= 0.3 is 5.97 Å². The number of hydrogen-bond donors (Lipinski definition) is 2. The van der Waals surface area contributed by atoms with Gasteiger partial charge in [0.25, 0.3) is 5.91 Å². The number of methoxy groups -OCH3 is 1. The molecular formula is C12H14N2O4. The van der Waals surface area contributed by atoms with Gasteiger partial charge in [-0.3, -0.25) is 4.79 Å². The number of esters is 1. The Labute approximate surface area is 104 Å². The molecule has 1 aromatic carbocycles. The third-order valence-corrected chi connectivity index (χ3v) is 2.65. The lowest BCUT2D eigenvalue weighted by Gasteiger charge is -2.25. The molecule has 0 aliphatic carbocycles. The SMILES string of the molecule is COC(=O)c1ccc2c(c1)NC(=O)C(CCN)O2. The monoisotopic (exact) mass is 250 g/mol. The molecule has 6 heteroatoms. The van der Waals surface area contributed by atoms with Crippen molar-refractivity contribution in [1.82, 2.24) is 0 Å². The van der Waals surface area contributed by atoms with Crippen LogP contribution >= 0.6 is 0 Å². The van der Waals surface area contributed by atoms with Crippen LogP contribution in [0.2, 0.25) is 0 Å². The molecule has 3 N–H and O–H groups in total. The van der Waals surface area contributed by atoms with E-state index in [1.54, 1.807) is 12.1 Å². The summed E-state index contributed by atoms with van der Waals surface area (Å²) >= 11 is 0. The summed E-state index contributed by atoms with van der Waals surface area (Å²) in [5.41, 5.74) is 6.23. The summed E-state index contributed by atoms with van der Waals surface area (Å²) in [6.07, 6.45) is -0.129. The van der Waals surface area contributed by atoms with E-state index in [1.807, 2.05) is 0 Å². The van der Waals surface area contributed by atoms with Gasteiger partial charge in [0.2, 0.25) is 0 Å². The van der Waals surface area contributed by atoms with Crippen molar-refractivity contribution >= 4 is 17.6 Å². The van der Waals surface area contributed by atoms with Crippen LogP contribution in [0.15, 0.2) is 18.2 Å². The van der Waals surface area contributed by atoms with E-state index in [4.69, 9.17) is 10.5 Å². The van der Waals surface area contributed by atoms with Crippen molar-refractivity contribution in [3.8, 4) is 5.75 Å². The highest BCUT2D eigenvalue weighted by molar-refractivity contribution is 5.99. The van der Waals surface area contributed by atoms with Crippen molar-refractivity contribution in [2.75, 3.05) is 19.0 Å². The minimum Gasteiger partial charge on any atom is -0.478 e. The molecule has 18 heavy (non-hydrogen) atoms. The first-order valence-electron chi connectivity index (χ1n) is 5.55. The fraction of sp³-hybridized carbons (Fsp3) is 0.333. The van der Waals surface area contributed by atoms with Crippen LogP contribution in [0.5, 0.6) is 5.75 Å². The molecule has 1 aliphatic rings. The zero-order valence-electron chi connectivity index (χ0n) is 9.93. The standard InChI is InChI=1S/C12H14N2O4/c1-17-12(16)7-2-3-9-8(6-7)14-11(15)10(18-9)4-5-13/h2-3,6,10H,4-5,13H2,1H3,(H,14,15). The van der Waals surface area contributed by atoms with Gasteiger partial charge in [0.15, 0.2) is 6.10 Å². The van der Waals surface area contributed by atoms with Gasteiger partial charge in [-0.25, -0.2) is 4.79 Å². The summed E-state index contributed by atoms with van der Waals surface area (Å²) in [7, 11) is 1.30. The predicted octanol–water partition coefficient (Wildman–Crippen LogP) is 0.521. The minimum atomic E-state index is -0.577. The zero-order chi connectivity index (χ0) is 13.1. The van der Waals surface area contributed by atoms with Crippen molar-refractivity contribution in [3.63, 3.8) is 0 Å². The first-order chi connectivity index (χ1) is 8.65. The molecule has 0 bridgehead atoms. The summed E-state index contributed by atoms with van der Waals surface area (Å²) in [5.74, 6) is -0.188. The molecule has 0 fully saturated rings. The van der Waals surface area contributed by atoms with Crippen LogP contribution < -0.4 is 15.8 Å². The lowest BCUT2D eigenvalue weighted by molar-refractivity contribution is -0.123. The van der Waals surface area contributed by atoms with Crippen molar-refractivity contribution < 1.29 is 19.1 Å². The maximum atomic E-state index is 11.7. The van der Waals surface area contributed by atoms with Gasteiger partial charge in [0.1, 0.15) is 5.75 Å². The average molecular weight is 250 g/mol. The van der Waals surface area contributed by atoms with Gasteiger partial charge in [-0.1, -0.05) is 0 Å². The summed E-state index contributed by atoms with van der Waals surface area (Å²) in [6.45, 7) is 0.369. The van der Waals surface area contributed by atoms with Gasteiger partial charge in [-0.05, 0) is 24.7 Å². The van der Waals surface area contributed by atoms with Crippen molar-refractivity contribution in [1.29, 1.82) is 0 Å². The van der Waals surface area contributed by atoms with Gasteiger partial charge in [-0.2, -0.15) is 0 Å².